The van der Waals surface area contributed by atoms with Gasteiger partial charge in [-0.05, 0) is 25.0 Å². The third-order valence-corrected chi connectivity index (χ3v) is 4.97. The predicted molar refractivity (Wildman–Crippen MR) is 93.2 cm³/mol. The molecule has 1 saturated carbocycles. The van der Waals surface area contributed by atoms with Gasteiger partial charge in [-0.25, -0.2) is 4.79 Å². The standard InChI is InChI=1S/C19H26N2O4/c22-15-12-17(18(23)20-14-8-4-1-2-5-9-14)21(13-15)19(24)25-16-10-6-3-7-11-16/h3,6-7,10-11,14-15,17,22H,1-2,4-5,8-9,12-13H2,(H,20,23)/t15-,17+/m0/s1. The Morgan fingerprint density at radius 2 is 1.76 bits per heavy atom. The first kappa shape index (κ1) is 17.7. The fourth-order valence-corrected chi connectivity index (χ4v) is 3.63. The lowest BCUT2D eigenvalue weighted by Crippen LogP contribution is -2.49. The van der Waals surface area contributed by atoms with Crippen LogP contribution in [0.3, 0.4) is 0 Å². The fraction of sp³-hybridized carbons (Fsp3) is 0.579. The van der Waals surface area contributed by atoms with Gasteiger partial charge in [-0.3, -0.25) is 9.69 Å². The molecule has 1 aromatic rings. The summed E-state index contributed by atoms with van der Waals surface area (Å²) in [6.45, 7) is 0.119. The monoisotopic (exact) mass is 346 g/mol. The number of hydrogen-bond donors (Lipinski definition) is 2. The van der Waals surface area contributed by atoms with Crippen LogP contribution in [0.5, 0.6) is 5.75 Å². The van der Waals surface area contributed by atoms with E-state index in [2.05, 4.69) is 5.32 Å². The Morgan fingerprint density at radius 1 is 1.08 bits per heavy atom. The molecule has 25 heavy (non-hydrogen) atoms. The Hall–Kier alpha value is -2.08. The number of hydrogen-bond acceptors (Lipinski definition) is 4. The SMILES string of the molecule is O=C(NC1CCCCCC1)[C@H]1C[C@H](O)CN1C(=O)Oc1ccccc1. The maximum absolute atomic E-state index is 12.7. The number of β-amino-alcohol motifs (C(OH)–C–C–N with tert-alkyl or cyclic N) is 1. The number of aliphatic hydroxyl groups is 1. The lowest BCUT2D eigenvalue weighted by atomic mass is 10.1. The van der Waals surface area contributed by atoms with Crippen molar-refractivity contribution in [1.29, 1.82) is 0 Å². The third-order valence-electron chi connectivity index (χ3n) is 4.97. The normalized spacial score (nSPS) is 24.6. The zero-order chi connectivity index (χ0) is 17.6. The molecule has 1 aromatic carbocycles. The van der Waals surface area contributed by atoms with Crippen molar-refractivity contribution in [2.24, 2.45) is 0 Å². The Bertz CT molecular complexity index is 584. The summed E-state index contributed by atoms with van der Waals surface area (Å²) >= 11 is 0. The highest BCUT2D eigenvalue weighted by Gasteiger charge is 2.40. The second kappa shape index (κ2) is 8.34. The average molecular weight is 346 g/mol. The van der Waals surface area contributed by atoms with Crippen LogP contribution in [0.25, 0.3) is 0 Å². The van der Waals surface area contributed by atoms with Gasteiger partial charge in [0.1, 0.15) is 11.8 Å². The number of rotatable bonds is 3. The van der Waals surface area contributed by atoms with Crippen LogP contribution in [-0.2, 0) is 4.79 Å². The van der Waals surface area contributed by atoms with Crippen LogP contribution in [-0.4, -0.2) is 46.7 Å². The van der Waals surface area contributed by atoms with E-state index in [4.69, 9.17) is 4.74 Å². The number of benzene rings is 1. The molecule has 0 radical (unpaired) electrons. The van der Waals surface area contributed by atoms with E-state index in [0.29, 0.717) is 5.75 Å². The van der Waals surface area contributed by atoms with Crippen LogP contribution in [0.4, 0.5) is 4.79 Å². The van der Waals surface area contributed by atoms with Gasteiger partial charge in [0.2, 0.25) is 5.91 Å². The van der Waals surface area contributed by atoms with Crippen LogP contribution in [0.2, 0.25) is 0 Å². The maximum Gasteiger partial charge on any atom is 0.416 e. The minimum absolute atomic E-state index is 0.119. The molecule has 2 N–H and O–H groups in total. The maximum atomic E-state index is 12.7. The molecule has 1 heterocycles. The fourth-order valence-electron chi connectivity index (χ4n) is 3.63. The van der Waals surface area contributed by atoms with Gasteiger partial charge in [0, 0.05) is 12.5 Å². The summed E-state index contributed by atoms with van der Waals surface area (Å²) < 4.78 is 5.33. The van der Waals surface area contributed by atoms with E-state index in [1.807, 2.05) is 6.07 Å². The second-order valence-corrected chi connectivity index (χ2v) is 6.94. The molecule has 6 nitrogen and oxygen atoms in total. The molecule has 0 bridgehead atoms. The number of nitrogens with one attached hydrogen (secondary N) is 1. The van der Waals surface area contributed by atoms with E-state index < -0.39 is 18.2 Å². The molecule has 1 saturated heterocycles. The number of nitrogens with zero attached hydrogens (tertiary/aromatic N) is 1. The van der Waals surface area contributed by atoms with Crippen LogP contribution >= 0.6 is 0 Å². The van der Waals surface area contributed by atoms with Crippen LogP contribution in [0.1, 0.15) is 44.9 Å². The van der Waals surface area contributed by atoms with E-state index in [-0.39, 0.29) is 24.9 Å². The van der Waals surface area contributed by atoms with E-state index in [1.165, 1.54) is 17.7 Å². The minimum Gasteiger partial charge on any atom is -0.410 e. The number of carbonyl (C=O) groups is 2. The Morgan fingerprint density at radius 3 is 2.44 bits per heavy atom. The first-order valence-corrected chi connectivity index (χ1v) is 9.15. The summed E-state index contributed by atoms with van der Waals surface area (Å²) in [5, 5.41) is 13.0. The van der Waals surface area contributed by atoms with Gasteiger partial charge in [0.25, 0.3) is 0 Å². The van der Waals surface area contributed by atoms with Crippen molar-refractivity contribution >= 4 is 12.0 Å². The molecule has 2 amide bonds. The number of aliphatic hydroxyl groups excluding tert-OH is 1. The summed E-state index contributed by atoms with van der Waals surface area (Å²) in [6.07, 6.45) is 5.59. The van der Waals surface area contributed by atoms with Gasteiger partial charge in [0.15, 0.2) is 0 Å². The summed E-state index contributed by atoms with van der Waals surface area (Å²) in [4.78, 5) is 26.4. The lowest BCUT2D eigenvalue weighted by molar-refractivity contribution is -0.125. The largest absolute Gasteiger partial charge is 0.416 e. The topological polar surface area (TPSA) is 78.9 Å². The molecule has 1 aliphatic carbocycles. The van der Waals surface area contributed by atoms with Gasteiger partial charge in [-0.15, -0.1) is 0 Å². The van der Waals surface area contributed by atoms with Crippen molar-refractivity contribution in [3.05, 3.63) is 30.3 Å². The summed E-state index contributed by atoms with van der Waals surface area (Å²) in [7, 11) is 0. The van der Waals surface area contributed by atoms with Gasteiger partial charge in [0.05, 0.1) is 12.6 Å². The quantitative estimate of drug-likeness (QED) is 0.824. The summed E-state index contributed by atoms with van der Waals surface area (Å²) in [6, 6.07) is 8.25. The van der Waals surface area contributed by atoms with Crippen molar-refractivity contribution < 1.29 is 19.4 Å². The molecule has 2 aliphatic rings. The highest BCUT2D eigenvalue weighted by Crippen LogP contribution is 2.22. The van der Waals surface area contributed by atoms with Gasteiger partial charge < -0.3 is 15.2 Å². The first-order chi connectivity index (χ1) is 12.1. The Kier molecular flexibility index (Phi) is 5.91. The first-order valence-electron chi connectivity index (χ1n) is 9.15. The summed E-state index contributed by atoms with van der Waals surface area (Å²) in [5.41, 5.74) is 0. The molecule has 0 aromatic heterocycles. The number of ether oxygens (including phenoxy) is 1. The van der Waals surface area contributed by atoms with Crippen molar-refractivity contribution in [3.8, 4) is 5.75 Å². The van der Waals surface area contributed by atoms with E-state index in [1.54, 1.807) is 24.3 Å². The Balaban J connectivity index is 1.62. The third kappa shape index (κ3) is 4.72. The van der Waals surface area contributed by atoms with E-state index in [9.17, 15) is 14.7 Å². The molecule has 6 heteroatoms. The summed E-state index contributed by atoms with van der Waals surface area (Å²) in [5.74, 6) is 0.241. The highest BCUT2D eigenvalue weighted by atomic mass is 16.6. The Labute approximate surface area is 148 Å². The zero-order valence-electron chi connectivity index (χ0n) is 14.4. The molecule has 2 atom stereocenters. The smallest absolute Gasteiger partial charge is 0.410 e. The van der Waals surface area contributed by atoms with E-state index in [0.717, 1.165) is 25.7 Å². The van der Waals surface area contributed by atoms with Gasteiger partial charge >= 0.3 is 6.09 Å². The van der Waals surface area contributed by atoms with Gasteiger partial charge in [-0.2, -0.15) is 0 Å². The lowest BCUT2D eigenvalue weighted by Gasteiger charge is -2.25. The van der Waals surface area contributed by atoms with Crippen molar-refractivity contribution in [3.63, 3.8) is 0 Å². The van der Waals surface area contributed by atoms with Crippen LogP contribution < -0.4 is 10.1 Å². The van der Waals surface area contributed by atoms with Gasteiger partial charge in [-0.1, -0.05) is 43.9 Å². The molecular weight excluding hydrogens is 320 g/mol. The molecule has 3 rings (SSSR count). The van der Waals surface area contributed by atoms with Crippen molar-refractivity contribution in [1.82, 2.24) is 10.2 Å². The average Bonchev–Trinajstić information content (AvgIpc) is 2.82. The minimum atomic E-state index is -0.701. The molecule has 0 unspecified atom stereocenters. The van der Waals surface area contributed by atoms with E-state index >= 15 is 0 Å². The number of para-hydroxylation sites is 1. The number of amides is 2. The highest BCUT2D eigenvalue weighted by molar-refractivity contribution is 5.87. The van der Waals surface area contributed by atoms with Crippen LogP contribution in [0.15, 0.2) is 30.3 Å². The molecule has 1 aliphatic heterocycles. The number of carbonyl (C=O) groups excluding carboxylic acids is 2. The second-order valence-electron chi connectivity index (χ2n) is 6.94. The van der Waals surface area contributed by atoms with Crippen LogP contribution in [0, 0.1) is 0 Å². The predicted octanol–water partition coefficient (Wildman–Crippen LogP) is 2.46. The van der Waals surface area contributed by atoms with Crippen molar-refractivity contribution in [2.45, 2.75) is 63.1 Å². The molecular formula is C19H26N2O4. The molecule has 0 spiro atoms. The molecule has 136 valence electrons. The molecule has 2 fully saturated rings. The zero-order valence-corrected chi connectivity index (χ0v) is 14.4. The van der Waals surface area contributed by atoms with Crippen molar-refractivity contribution in [2.75, 3.05) is 6.54 Å². The number of likely N-dealkylation sites (tertiary alicyclic amines) is 1.